The van der Waals surface area contributed by atoms with E-state index in [1.54, 1.807) is 0 Å². The van der Waals surface area contributed by atoms with E-state index in [1.807, 2.05) is 0 Å². The zero-order chi connectivity index (χ0) is 8.60. The standard InChI is InChI=1S/C12H14/c1-12(2)9-5-7-10-6-3-4-8-11(10)12/h3-8H,9H2,1-2H3. The van der Waals surface area contributed by atoms with Crippen molar-refractivity contribution in [1.82, 2.24) is 0 Å². The average molecular weight is 158 g/mol. The Labute approximate surface area is 73.9 Å². The van der Waals surface area contributed by atoms with E-state index >= 15 is 0 Å². The highest BCUT2D eigenvalue weighted by Gasteiger charge is 2.23. The lowest BCUT2D eigenvalue weighted by Gasteiger charge is -2.28. The quantitative estimate of drug-likeness (QED) is 0.543. The minimum absolute atomic E-state index is 0.325. The molecule has 0 nitrogen and oxygen atoms in total. The molecular weight excluding hydrogens is 144 g/mol. The van der Waals surface area contributed by atoms with E-state index in [2.05, 4.69) is 50.3 Å². The van der Waals surface area contributed by atoms with Crippen LogP contribution in [0.15, 0.2) is 30.3 Å². The number of rotatable bonds is 0. The maximum Gasteiger partial charge on any atom is -0.00631 e. The Kier molecular flexibility index (Phi) is 1.57. The molecule has 62 valence electrons. The molecule has 0 unspecified atom stereocenters. The smallest absolute Gasteiger partial charge is 0.00631 e. The van der Waals surface area contributed by atoms with Gasteiger partial charge in [0.2, 0.25) is 0 Å². The fourth-order valence-corrected chi connectivity index (χ4v) is 1.85. The normalized spacial score (nSPS) is 18.8. The molecule has 0 amide bonds. The zero-order valence-electron chi connectivity index (χ0n) is 7.67. The van der Waals surface area contributed by atoms with Gasteiger partial charge in [-0.15, -0.1) is 0 Å². The second-order valence-corrected chi connectivity index (χ2v) is 4.08. The first-order valence-corrected chi connectivity index (χ1v) is 4.46. The number of benzene rings is 1. The number of hydrogen-bond donors (Lipinski definition) is 0. The van der Waals surface area contributed by atoms with E-state index in [0.29, 0.717) is 5.41 Å². The molecule has 0 heterocycles. The minimum atomic E-state index is 0.325. The topological polar surface area (TPSA) is 0 Å². The van der Waals surface area contributed by atoms with Crippen molar-refractivity contribution in [1.29, 1.82) is 0 Å². The van der Waals surface area contributed by atoms with Crippen molar-refractivity contribution in [3.8, 4) is 0 Å². The Bertz CT molecular complexity index is 319. The van der Waals surface area contributed by atoms with Crippen molar-refractivity contribution >= 4 is 6.08 Å². The van der Waals surface area contributed by atoms with E-state index in [4.69, 9.17) is 0 Å². The SMILES string of the molecule is CC1(C)CC=Cc2ccccc21. The lowest BCUT2D eigenvalue weighted by Crippen LogP contribution is -2.19. The van der Waals surface area contributed by atoms with Gasteiger partial charge in [0.15, 0.2) is 0 Å². The van der Waals surface area contributed by atoms with Gasteiger partial charge in [-0.1, -0.05) is 50.3 Å². The van der Waals surface area contributed by atoms with Crippen molar-refractivity contribution in [2.45, 2.75) is 25.7 Å². The van der Waals surface area contributed by atoms with Gasteiger partial charge in [0.1, 0.15) is 0 Å². The third kappa shape index (κ3) is 1.08. The van der Waals surface area contributed by atoms with Crippen LogP contribution in [0.25, 0.3) is 6.08 Å². The Morgan fingerprint density at radius 2 is 1.92 bits per heavy atom. The molecule has 2 rings (SSSR count). The maximum absolute atomic E-state index is 2.30. The van der Waals surface area contributed by atoms with Crippen molar-refractivity contribution < 1.29 is 0 Å². The molecule has 0 saturated carbocycles. The summed E-state index contributed by atoms with van der Waals surface area (Å²) >= 11 is 0. The highest BCUT2D eigenvalue weighted by Crippen LogP contribution is 2.34. The van der Waals surface area contributed by atoms with E-state index in [0.717, 1.165) is 6.42 Å². The van der Waals surface area contributed by atoms with E-state index in [1.165, 1.54) is 11.1 Å². The highest BCUT2D eigenvalue weighted by atomic mass is 14.3. The summed E-state index contributed by atoms with van der Waals surface area (Å²) in [6.45, 7) is 4.60. The van der Waals surface area contributed by atoms with Gasteiger partial charge in [-0.25, -0.2) is 0 Å². The molecule has 0 saturated heterocycles. The van der Waals surface area contributed by atoms with Gasteiger partial charge >= 0.3 is 0 Å². The third-order valence-corrected chi connectivity index (χ3v) is 2.62. The van der Waals surface area contributed by atoms with E-state index < -0.39 is 0 Å². The first-order valence-electron chi connectivity index (χ1n) is 4.46. The summed E-state index contributed by atoms with van der Waals surface area (Å²) in [6.07, 6.45) is 5.65. The lowest BCUT2D eigenvalue weighted by molar-refractivity contribution is 0.529. The molecule has 0 aromatic heterocycles. The zero-order valence-corrected chi connectivity index (χ0v) is 7.67. The molecular formula is C12H14. The Morgan fingerprint density at radius 3 is 2.67 bits per heavy atom. The second kappa shape index (κ2) is 2.48. The van der Waals surface area contributed by atoms with E-state index in [-0.39, 0.29) is 0 Å². The summed E-state index contributed by atoms with van der Waals surface area (Å²) in [5, 5.41) is 0. The molecule has 1 aliphatic rings. The largest absolute Gasteiger partial charge is 0.0831 e. The number of hydrogen-bond acceptors (Lipinski definition) is 0. The molecule has 12 heavy (non-hydrogen) atoms. The van der Waals surface area contributed by atoms with Gasteiger partial charge in [0.05, 0.1) is 0 Å². The van der Waals surface area contributed by atoms with Crippen LogP contribution in [0, 0.1) is 0 Å². The van der Waals surface area contributed by atoms with Gasteiger partial charge in [0.25, 0.3) is 0 Å². The van der Waals surface area contributed by atoms with Crippen LogP contribution in [0.4, 0.5) is 0 Å². The van der Waals surface area contributed by atoms with Crippen molar-refractivity contribution in [2.75, 3.05) is 0 Å². The molecule has 0 heteroatoms. The first-order chi connectivity index (χ1) is 5.70. The third-order valence-electron chi connectivity index (χ3n) is 2.62. The molecule has 1 aliphatic carbocycles. The Hall–Kier alpha value is -1.04. The summed E-state index contributed by atoms with van der Waals surface area (Å²) in [7, 11) is 0. The minimum Gasteiger partial charge on any atom is -0.0831 e. The fourth-order valence-electron chi connectivity index (χ4n) is 1.85. The van der Waals surface area contributed by atoms with Crippen LogP contribution < -0.4 is 0 Å². The van der Waals surface area contributed by atoms with Crippen LogP contribution in [0.5, 0.6) is 0 Å². The summed E-state index contributed by atoms with van der Waals surface area (Å²) in [5.41, 5.74) is 3.19. The molecule has 0 N–H and O–H groups in total. The fraction of sp³-hybridized carbons (Fsp3) is 0.333. The van der Waals surface area contributed by atoms with Crippen LogP contribution in [-0.2, 0) is 5.41 Å². The highest BCUT2D eigenvalue weighted by molar-refractivity contribution is 5.58. The summed E-state index contributed by atoms with van der Waals surface area (Å²) in [4.78, 5) is 0. The Morgan fingerprint density at radius 1 is 1.17 bits per heavy atom. The molecule has 0 fully saturated rings. The van der Waals surface area contributed by atoms with Gasteiger partial charge < -0.3 is 0 Å². The van der Waals surface area contributed by atoms with Crippen molar-refractivity contribution in [3.63, 3.8) is 0 Å². The molecule has 0 aliphatic heterocycles. The van der Waals surface area contributed by atoms with Gasteiger partial charge in [-0.05, 0) is 23.0 Å². The van der Waals surface area contributed by atoms with E-state index in [9.17, 15) is 0 Å². The molecule has 1 aromatic carbocycles. The van der Waals surface area contributed by atoms with Crippen LogP contribution in [-0.4, -0.2) is 0 Å². The first kappa shape index (κ1) is 7.60. The van der Waals surface area contributed by atoms with Crippen LogP contribution >= 0.6 is 0 Å². The molecule has 0 atom stereocenters. The van der Waals surface area contributed by atoms with Crippen LogP contribution in [0.1, 0.15) is 31.4 Å². The predicted octanol–water partition coefficient (Wildman–Crippen LogP) is 3.38. The summed E-state index contributed by atoms with van der Waals surface area (Å²) in [6, 6.07) is 8.65. The number of fused-ring (bicyclic) bond motifs is 1. The Balaban J connectivity index is 2.60. The summed E-state index contributed by atoms with van der Waals surface area (Å²) in [5.74, 6) is 0. The lowest BCUT2D eigenvalue weighted by atomic mass is 9.76. The predicted molar refractivity (Wildman–Crippen MR) is 53.1 cm³/mol. The monoisotopic (exact) mass is 158 g/mol. The van der Waals surface area contributed by atoms with Gasteiger partial charge in [-0.3, -0.25) is 0 Å². The van der Waals surface area contributed by atoms with Crippen molar-refractivity contribution in [3.05, 3.63) is 41.5 Å². The van der Waals surface area contributed by atoms with Crippen molar-refractivity contribution in [2.24, 2.45) is 0 Å². The maximum atomic E-state index is 2.30. The average Bonchev–Trinajstić information content (AvgIpc) is 2.04. The number of allylic oxidation sites excluding steroid dienone is 1. The molecule has 0 radical (unpaired) electrons. The molecule has 0 spiro atoms. The molecule has 1 aromatic rings. The molecule has 0 bridgehead atoms. The van der Waals surface area contributed by atoms with Gasteiger partial charge in [-0.2, -0.15) is 0 Å². The van der Waals surface area contributed by atoms with Crippen LogP contribution in [0.2, 0.25) is 0 Å². The summed E-state index contributed by atoms with van der Waals surface area (Å²) < 4.78 is 0. The van der Waals surface area contributed by atoms with Gasteiger partial charge in [0, 0.05) is 0 Å². The second-order valence-electron chi connectivity index (χ2n) is 4.08. The van der Waals surface area contributed by atoms with Crippen LogP contribution in [0.3, 0.4) is 0 Å².